The Bertz CT molecular complexity index is 572. The molecule has 0 fully saturated rings. The van der Waals surface area contributed by atoms with Crippen molar-refractivity contribution in [2.45, 2.75) is 13.0 Å². The fourth-order valence-electron chi connectivity index (χ4n) is 2.10. The normalized spacial score (nSPS) is 12.2. The summed E-state index contributed by atoms with van der Waals surface area (Å²) in [6.07, 6.45) is 1.75. The van der Waals surface area contributed by atoms with Crippen LogP contribution in [0.1, 0.15) is 22.9 Å². The van der Waals surface area contributed by atoms with Gasteiger partial charge in [0.05, 0.1) is 13.2 Å². The van der Waals surface area contributed by atoms with Gasteiger partial charge in [-0.1, -0.05) is 23.7 Å². The van der Waals surface area contributed by atoms with E-state index in [1.165, 1.54) is 0 Å². The average Bonchev–Trinajstić information content (AvgIpc) is 2.42. The molecule has 0 spiro atoms. The van der Waals surface area contributed by atoms with Gasteiger partial charge in [-0.15, -0.1) is 0 Å². The van der Waals surface area contributed by atoms with Crippen LogP contribution in [-0.4, -0.2) is 19.1 Å². The van der Waals surface area contributed by atoms with Crippen LogP contribution >= 0.6 is 11.6 Å². The minimum atomic E-state index is -0.0933. The molecule has 1 atom stereocenters. The highest BCUT2D eigenvalue weighted by Gasteiger charge is 2.20. The number of halogens is 1. The third-order valence-electron chi connectivity index (χ3n) is 3.05. The van der Waals surface area contributed by atoms with Crippen molar-refractivity contribution in [2.75, 3.05) is 14.2 Å². The fraction of sp³-hybridized carbons (Fsp3) is 0.267. The summed E-state index contributed by atoms with van der Waals surface area (Å²) in [5.74, 6) is 0.749. The van der Waals surface area contributed by atoms with Crippen molar-refractivity contribution in [3.8, 4) is 5.75 Å². The molecule has 0 saturated heterocycles. The van der Waals surface area contributed by atoms with Crippen LogP contribution in [0.5, 0.6) is 5.75 Å². The Morgan fingerprint density at radius 1 is 1.32 bits per heavy atom. The van der Waals surface area contributed by atoms with Crippen molar-refractivity contribution >= 4 is 11.6 Å². The van der Waals surface area contributed by atoms with Crippen molar-refractivity contribution in [3.63, 3.8) is 0 Å². The summed E-state index contributed by atoms with van der Waals surface area (Å²) < 4.78 is 5.37. The van der Waals surface area contributed by atoms with Crippen LogP contribution in [0.25, 0.3) is 0 Å². The van der Waals surface area contributed by atoms with E-state index in [0.717, 1.165) is 27.6 Å². The third-order valence-corrected chi connectivity index (χ3v) is 3.38. The van der Waals surface area contributed by atoms with Gasteiger partial charge in [-0.3, -0.25) is 4.98 Å². The quantitative estimate of drug-likeness (QED) is 0.930. The lowest BCUT2D eigenvalue weighted by Crippen LogP contribution is -2.20. The van der Waals surface area contributed by atoms with Gasteiger partial charge in [0.15, 0.2) is 0 Å². The predicted molar refractivity (Wildman–Crippen MR) is 77.9 cm³/mol. The molecular weight excluding hydrogens is 260 g/mol. The van der Waals surface area contributed by atoms with Gasteiger partial charge in [0.1, 0.15) is 11.4 Å². The molecule has 100 valence electrons. The highest BCUT2D eigenvalue weighted by molar-refractivity contribution is 6.31. The molecule has 0 aliphatic rings. The van der Waals surface area contributed by atoms with Crippen molar-refractivity contribution in [1.82, 2.24) is 10.3 Å². The topological polar surface area (TPSA) is 34.2 Å². The maximum atomic E-state index is 6.34. The number of nitrogens with zero attached hydrogens (tertiary/aromatic N) is 1. The van der Waals surface area contributed by atoms with E-state index in [-0.39, 0.29) is 6.04 Å². The Hall–Kier alpha value is -1.58. The lowest BCUT2D eigenvalue weighted by atomic mass is 10.0. The average molecular weight is 277 g/mol. The zero-order valence-corrected chi connectivity index (χ0v) is 12.0. The number of benzene rings is 1. The van der Waals surface area contributed by atoms with E-state index in [1.54, 1.807) is 13.3 Å². The van der Waals surface area contributed by atoms with E-state index in [4.69, 9.17) is 16.3 Å². The molecule has 19 heavy (non-hydrogen) atoms. The van der Waals surface area contributed by atoms with Crippen LogP contribution in [0.15, 0.2) is 36.5 Å². The number of nitrogens with one attached hydrogen (secondary N) is 1. The molecule has 2 aromatic rings. The Kier molecular flexibility index (Phi) is 4.40. The highest BCUT2D eigenvalue weighted by Crippen LogP contribution is 2.32. The first-order valence-corrected chi connectivity index (χ1v) is 6.47. The van der Waals surface area contributed by atoms with E-state index in [9.17, 15) is 0 Å². The first-order valence-electron chi connectivity index (χ1n) is 6.09. The van der Waals surface area contributed by atoms with Crippen molar-refractivity contribution < 1.29 is 4.74 Å². The van der Waals surface area contributed by atoms with Gasteiger partial charge in [-0.25, -0.2) is 0 Å². The van der Waals surface area contributed by atoms with Crippen LogP contribution in [0.3, 0.4) is 0 Å². The number of hydrogen-bond acceptors (Lipinski definition) is 3. The maximum Gasteiger partial charge on any atom is 0.142 e. The molecule has 1 aromatic heterocycles. The number of methoxy groups -OCH3 is 1. The molecule has 3 nitrogen and oxygen atoms in total. The van der Waals surface area contributed by atoms with Gasteiger partial charge < -0.3 is 10.1 Å². The Morgan fingerprint density at radius 2 is 2.11 bits per heavy atom. The third kappa shape index (κ3) is 2.88. The lowest BCUT2D eigenvalue weighted by molar-refractivity contribution is 0.401. The number of rotatable bonds is 4. The van der Waals surface area contributed by atoms with Crippen LogP contribution < -0.4 is 10.1 Å². The van der Waals surface area contributed by atoms with Crippen LogP contribution in [-0.2, 0) is 0 Å². The molecule has 1 unspecified atom stereocenters. The SMILES string of the molecule is CNC(c1ccc(C)cc1Cl)c1ncccc1OC. The van der Waals surface area contributed by atoms with Gasteiger partial charge in [-0.05, 0) is 43.3 Å². The van der Waals surface area contributed by atoms with E-state index >= 15 is 0 Å². The fourth-order valence-corrected chi connectivity index (χ4v) is 2.44. The second-order valence-corrected chi connectivity index (χ2v) is 4.74. The minimum Gasteiger partial charge on any atom is -0.495 e. The molecule has 1 aromatic carbocycles. The van der Waals surface area contributed by atoms with Gasteiger partial charge in [-0.2, -0.15) is 0 Å². The Labute approximate surface area is 118 Å². The van der Waals surface area contributed by atoms with E-state index in [0.29, 0.717) is 0 Å². The molecule has 0 aliphatic carbocycles. The number of pyridine rings is 1. The van der Waals surface area contributed by atoms with Gasteiger partial charge >= 0.3 is 0 Å². The molecular formula is C15H17ClN2O. The van der Waals surface area contributed by atoms with Gasteiger partial charge in [0, 0.05) is 11.2 Å². The van der Waals surface area contributed by atoms with Crippen LogP contribution in [0.2, 0.25) is 5.02 Å². The Morgan fingerprint density at radius 3 is 2.74 bits per heavy atom. The minimum absolute atomic E-state index is 0.0933. The summed E-state index contributed by atoms with van der Waals surface area (Å²) in [6.45, 7) is 2.02. The van der Waals surface area contributed by atoms with E-state index in [1.807, 2.05) is 44.3 Å². The van der Waals surface area contributed by atoms with Crippen LogP contribution in [0, 0.1) is 6.92 Å². The zero-order valence-electron chi connectivity index (χ0n) is 11.3. The Balaban J connectivity index is 2.50. The summed E-state index contributed by atoms with van der Waals surface area (Å²) in [5, 5.41) is 3.97. The molecule has 0 bridgehead atoms. The first kappa shape index (κ1) is 13.8. The molecule has 0 amide bonds. The van der Waals surface area contributed by atoms with Crippen molar-refractivity contribution in [1.29, 1.82) is 0 Å². The van der Waals surface area contributed by atoms with Gasteiger partial charge in [0.2, 0.25) is 0 Å². The number of hydrogen-bond donors (Lipinski definition) is 1. The van der Waals surface area contributed by atoms with Gasteiger partial charge in [0.25, 0.3) is 0 Å². The summed E-state index contributed by atoms with van der Waals surface area (Å²) in [6, 6.07) is 9.68. The number of ether oxygens (including phenoxy) is 1. The smallest absolute Gasteiger partial charge is 0.142 e. The standard InChI is InChI=1S/C15H17ClN2O/c1-10-6-7-11(12(16)9-10)14(17-2)15-13(19-3)5-4-8-18-15/h4-9,14,17H,1-3H3. The number of aryl methyl sites for hydroxylation is 1. The molecule has 1 N–H and O–H groups in total. The molecule has 0 radical (unpaired) electrons. The predicted octanol–water partition coefficient (Wildman–Crippen LogP) is 3.36. The largest absolute Gasteiger partial charge is 0.495 e. The monoisotopic (exact) mass is 276 g/mol. The molecule has 0 saturated carbocycles. The summed E-state index contributed by atoms with van der Waals surface area (Å²) in [7, 11) is 3.53. The summed E-state index contributed by atoms with van der Waals surface area (Å²) in [4.78, 5) is 4.41. The molecule has 1 heterocycles. The van der Waals surface area contributed by atoms with Crippen molar-refractivity contribution in [3.05, 3.63) is 58.4 Å². The molecule has 4 heteroatoms. The van der Waals surface area contributed by atoms with E-state index < -0.39 is 0 Å². The summed E-state index contributed by atoms with van der Waals surface area (Å²) >= 11 is 6.34. The first-order chi connectivity index (χ1) is 9.17. The second kappa shape index (κ2) is 6.04. The highest BCUT2D eigenvalue weighted by atomic mass is 35.5. The van der Waals surface area contributed by atoms with Crippen LogP contribution in [0.4, 0.5) is 0 Å². The van der Waals surface area contributed by atoms with Crippen molar-refractivity contribution in [2.24, 2.45) is 0 Å². The zero-order chi connectivity index (χ0) is 13.8. The molecule has 0 aliphatic heterocycles. The second-order valence-electron chi connectivity index (χ2n) is 4.34. The number of aromatic nitrogens is 1. The van der Waals surface area contributed by atoms with E-state index in [2.05, 4.69) is 10.3 Å². The lowest BCUT2D eigenvalue weighted by Gasteiger charge is -2.20. The maximum absolute atomic E-state index is 6.34. The summed E-state index contributed by atoms with van der Waals surface area (Å²) in [5.41, 5.74) is 2.96. The molecule has 2 rings (SSSR count).